The molecule has 1 amide bonds. The summed E-state index contributed by atoms with van der Waals surface area (Å²) in [6.07, 6.45) is 1.60. The third-order valence-electron chi connectivity index (χ3n) is 5.60. The number of likely N-dealkylation sites (N-methyl/N-ethyl adjacent to an activating group) is 1. The van der Waals surface area contributed by atoms with Crippen molar-refractivity contribution in [1.82, 2.24) is 4.90 Å². The molecule has 3 rings (SSSR count). The van der Waals surface area contributed by atoms with E-state index >= 15 is 0 Å². The Balaban J connectivity index is 2.04. The van der Waals surface area contributed by atoms with E-state index in [0.717, 1.165) is 36.4 Å². The lowest BCUT2D eigenvalue weighted by Crippen LogP contribution is -2.41. The molecular formula is C23H29ClN2O2. The number of hydrogen-bond donors (Lipinski definition) is 0. The van der Waals surface area contributed by atoms with Crippen molar-refractivity contribution in [1.29, 1.82) is 0 Å². The van der Waals surface area contributed by atoms with Crippen molar-refractivity contribution >= 4 is 23.2 Å². The summed E-state index contributed by atoms with van der Waals surface area (Å²) in [4.78, 5) is 17.7. The van der Waals surface area contributed by atoms with E-state index in [0.29, 0.717) is 11.6 Å². The zero-order valence-electron chi connectivity index (χ0n) is 17.1. The molecule has 0 saturated carbocycles. The Morgan fingerprint density at radius 1 is 1.18 bits per heavy atom. The van der Waals surface area contributed by atoms with Gasteiger partial charge in [-0.25, -0.2) is 0 Å². The highest BCUT2D eigenvalue weighted by Gasteiger charge is 2.36. The number of ether oxygens (including phenoxy) is 1. The molecule has 0 radical (unpaired) electrons. The molecule has 0 bridgehead atoms. The minimum atomic E-state index is -0.0678. The molecule has 1 aliphatic rings. The van der Waals surface area contributed by atoms with Gasteiger partial charge in [-0.15, -0.1) is 0 Å². The Bertz CT molecular complexity index is 820. The van der Waals surface area contributed by atoms with Gasteiger partial charge < -0.3 is 14.5 Å². The Labute approximate surface area is 173 Å². The minimum absolute atomic E-state index is 0.0678. The second-order valence-electron chi connectivity index (χ2n) is 7.66. The van der Waals surface area contributed by atoms with E-state index in [9.17, 15) is 4.79 Å². The van der Waals surface area contributed by atoms with Gasteiger partial charge in [0.2, 0.25) is 5.91 Å². The minimum Gasteiger partial charge on any atom is -0.497 e. The highest BCUT2D eigenvalue weighted by atomic mass is 35.5. The molecule has 2 aromatic rings. The molecular weight excluding hydrogens is 372 g/mol. The van der Waals surface area contributed by atoms with Gasteiger partial charge in [-0.2, -0.15) is 0 Å². The van der Waals surface area contributed by atoms with Gasteiger partial charge in [0.25, 0.3) is 0 Å². The van der Waals surface area contributed by atoms with Crippen LogP contribution < -0.4 is 9.64 Å². The van der Waals surface area contributed by atoms with Crippen LogP contribution in [0.15, 0.2) is 42.5 Å². The van der Waals surface area contributed by atoms with Gasteiger partial charge >= 0.3 is 0 Å². The summed E-state index contributed by atoms with van der Waals surface area (Å²) >= 11 is 6.32. The maximum atomic E-state index is 13.6. The number of rotatable bonds is 6. The average Bonchev–Trinajstić information content (AvgIpc) is 2.80. The van der Waals surface area contributed by atoms with Crippen molar-refractivity contribution < 1.29 is 9.53 Å². The van der Waals surface area contributed by atoms with E-state index in [1.54, 1.807) is 7.11 Å². The third kappa shape index (κ3) is 4.34. The quantitative estimate of drug-likeness (QED) is 0.709. The number of benzene rings is 2. The normalized spacial score (nSPS) is 19.5. The number of halogens is 1. The fraction of sp³-hybridized carbons (Fsp3) is 0.435. The number of carbonyl (C=O) groups excluding carboxylic acids is 1. The predicted molar refractivity (Wildman–Crippen MR) is 116 cm³/mol. The second kappa shape index (κ2) is 8.97. The molecule has 1 heterocycles. The lowest BCUT2D eigenvalue weighted by atomic mass is 9.80. The molecule has 28 heavy (non-hydrogen) atoms. The smallest absolute Gasteiger partial charge is 0.230 e. The van der Waals surface area contributed by atoms with Crippen LogP contribution in [0.2, 0.25) is 5.02 Å². The van der Waals surface area contributed by atoms with E-state index in [-0.39, 0.29) is 17.7 Å². The van der Waals surface area contributed by atoms with E-state index in [1.807, 2.05) is 49.3 Å². The number of carbonyl (C=O) groups is 1. The molecule has 0 spiro atoms. The molecule has 150 valence electrons. The molecule has 0 saturated heterocycles. The number of methoxy groups -OCH3 is 1. The molecule has 2 atom stereocenters. The van der Waals surface area contributed by atoms with Crippen molar-refractivity contribution in [3.05, 3.63) is 58.6 Å². The van der Waals surface area contributed by atoms with Crippen molar-refractivity contribution in [2.45, 2.75) is 25.7 Å². The van der Waals surface area contributed by atoms with E-state index in [1.165, 1.54) is 5.56 Å². The van der Waals surface area contributed by atoms with Crippen LogP contribution in [0.3, 0.4) is 0 Å². The first-order valence-corrected chi connectivity index (χ1v) is 10.2. The lowest BCUT2D eigenvalue weighted by molar-refractivity contribution is -0.123. The van der Waals surface area contributed by atoms with Crippen LogP contribution >= 0.6 is 11.6 Å². The van der Waals surface area contributed by atoms with Crippen molar-refractivity contribution in [2.24, 2.45) is 5.92 Å². The summed E-state index contributed by atoms with van der Waals surface area (Å²) in [5.41, 5.74) is 3.29. The first-order chi connectivity index (χ1) is 13.4. The Morgan fingerprint density at radius 3 is 2.50 bits per heavy atom. The zero-order valence-corrected chi connectivity index (χ0v) is 17.9. The van der Waals surface area contributed by atoms with E-state index in [4.69, 9.17) is 16.3 Å². The van der Waals surface area contributed by atoms with Crippen LogP contribution in [0, 0.1) is 5.92 Å². The molecule has 0 fully saturated rings. The van der Waals surface area contributed by atoms with Gasteiger partial charge in [-0.05, 0) is 74.3 Å². The Morgan fingerprint density at radius 2 is 1.89 bits per heavy atom. The number of fused-ring (bicyclic) bond motifs is 1. The highest BCUT2D eigenvalue weighted by Crippen LogP contribution is 2.40. The van der Waals surface area contributed by atoms with Crippen LogP contribution in [-0.2, 0) is 11.2 Å². The van der Waals surface area contributed by atoms with Crippen molar-refractivity contribution in [3.8, 4) is 5.75 Å². The molecule has 2 aromatic carbocycles. The van der Waals surface area contributed by atoms with Gasteiger partial charge in [-0.3, -0.25) is 4.79 Å². The predicted octanol–water partition coefficient (Wildman–Crippen LogP) is 4.61. The van der Waals surface area contributed by atoms with Gasteiger partial charge in [0, 0.05) is 29.7 Å². The summed E-state index contributed by atoms with van der Waals surface area (Å²) in [5, 5.41) is 0.710. The molecule has 4 nitrogen and oxygen atoms in total. The first-order valence-electron chi connectivity index (χ1n) is 9.83. The second-order valence-corrected chi connectivity index (χ2v) is 8.10. The molecule has 0 unspecified atom stereocenters. The summed E-state index contributed by atoms with van der Waals surface area (Å²) in [6, 6.07) is 14.0. The van der Waals surface area contributed by atoms with Gasteiger partial charge in [0.1, 0.15) is 5.75 Å². The van der Waals surface area contributed by atoms with Crippen LogP contribution in [0.25, 0.3) is 0 Å². The third-order valence-corrected chi connectivity index (χ3v) is 5.83. The standard InChI is InChI=1S/C23H29ClN2O2/c1-5-20-21(16-6-9-19(28-4)10-7-16)15-17-14-18(24)8-11-22(17)26(23(20)27)13-12-25(2)3/h6-11,14,20-21H,5,12-13,15H2,1-4H3/t20-,21+/m0/s1. The maximum absolute atomic E-state index is 13.6. The molecule has 1 aliphatic heterocycles. The highest BCUT2D eigenvalue weighted by molar-refractivity contribution is 6.30. The topological polar surface area (TPSA) is 32.8 Å². The summed E-state index contributed by atoms with van der Waals surface area (Å²) < 4.78 is 5.30. The van der Waals surface area contributed by atoms with E-state index in [2.05, 4.69) is 24.0 Å². The van der Waals surface area contributed by atoms with Crippen LogP contribution in [0.4, 0.5) is 5.69 Å². The fourth-order valence-electron chi connectivity index (χ4n) is 4.04. The average molecular weight is 401 g/mol. The summed E-state index contributed by atoms with van der Waals surface area (Å²) in [7, 11) is 5.73. The number of nitrogens with zero attached hydrogens (tertiary/aromatic N) is 2. The molecule has 0 aromatic heterocycles. The zero-order chi connectivity index (χ0) is 20.3. The number of hydrogen-bond acceptors (Lipinski definition) is 3. The largest absolute Gasteiger partial charge is 0.497 e. The fourth-order valence-corrected chi connectivity index (χ4v) is 4.24. The van der Waals surface area contributed by atoms with Crippen LogP contribution in [0.1, 0.15) is 30.4 Å². The van der Waals surface area contributed by atoms with Gasteiger partial charge in [0.05, 0.1) is 7.11 Å². The maximum Gasteiger partial charge on any atom is 0.230 e. The molecule has 0 N–H and O–H groups in total. The van der Waals surface area contributed by atoms with Crippen molar-refractivity contribution in [2.75, 3.05) is 39.2 Å². The van der Waals surface area contributed by atoms with Crippen LogP contribution in [0.5, 0.6) is 5.75 Å². The lowest BCUT2D eigenvalue weighted by Gasteiger charge is -2.29. The Hall–Kier alpha value is -2.04. The monoisotopic (exact) mass is 400 g/mol. The number of anilines is 1. The van der Waals surface area contributed by atoms with Crippen LogP contribution in [-0.4, -0.2) is 45.1 Å². The van der Waals surface area contributed by atoms with Gasteiger partial charge in [-0.1, -0.05) is 30.7 Å². The first kappa shape index (κ1) is 20.7. The molecule has 0 aliphatic carbocycles. The molecule has 5 heteroatoms. The van der Waals surface area contributed by atoms with Crippen molar-refractivity contribution in [3.63, 3.8) is 0 Å². The number of amides is 1. The SMILES string of the molecule is CC[C@@H]1C(=O)N(CCN(C)C)c2ccc(Cl)cc2C[C@@H]1c1ccc(OC)cc1. The summed E-state index contributed by atoms with van der Waals surface area (Å²) in [6.45, 7) is 3.59. The van der Waals surface area contributed by atoms with Gasteiger partial charge in [0.15, 0.2) is 0 Å². The Kier molecular flexibility index (Phi) is 6.63. The van der Waals surface area contributed by atoms with E-state index < -0.39 is 0 Å². The summed E-state index contributed by atoms with van der Waals surface area (Å²) in [5.74, 6) is 1.07.